The molecule has 0 radical (unpaired) electrons. The van der Waals surface area contributed by atoms with Gasteiger partial charge in [-0.3, -0.25) is 24.0 Å². The fourth-order valence-corrected chi connectivity index (χ4v) is 8.27. The molecule has 0 bridgehead atoms. The Hall–Kier alpha value is -5.00. The Bertz CT molecular complexity index is 2560. The first-order valence-corrected chi connectivity index (χ1v) is 19.2. The zero-order valence-corrected chi connectivity index (χ0v) is 30.2. The van der Waals surface area contributed by atoms with Gasteiger partial charge in [-0.05, 0) is 31.2 Å². The van der Waals surface area contributed by atoms with E-state index in [-0.39, 0.29) is 47.5 Å². The number of sulfonamides is 1. The molecule has 1 aliphatic carbocycles. The summed E-state index contributed by atoms with van der Waals surface area (Å²) < 4.78 is 54.2. The van der Waals surface area contributed by atoms with E-state index < -0.39 is 27.4 Å². The van der Waals surface area contributed by atoms with Crippen LogP contribution in [0.15, 0.2) is 46.8 Å². The molecule has 2 aliphatic rings. The molecule has 1 saturated heterocycles. The van der Waals surface area contributed by atoms with Crippen molar-refractivity contribution in [1.82, 2.24) is 29.1 Å². The number of hydrogen-bond donors (Lipinski definition) is 1. The summed E-state index contributed by atoms with van der Waals surface area (Å²) in [4.78, 5) is 44.0. The SMILES string of the molecule is Cc1nc2cnc(N3CCN(C4CC(F)(F)C4)CC3)c(C#N)c2c(=O)n1CC#Cc1ccc(Cl)cc1-c1ccnc2c(C(=O)NS(C)(=O)=O)csc12. The molecule has 0 unspecified atom stereocenters. The predicted molar refractivity (Wildman–Crippen MR) is 194 cm³/mol. The highest BCUT2D eigenvalue weighted by atomic mass is 35.5. The third kappa shape index (κ3) is 6.82. The number of rotatable bonds is 6. The number of alkyl halides is 2. The molecule has 17 heteroatoms. The highest BCUT2D eigenvalue weighted by molar-refractivity contribution is 7.89. The van der Waals surface area contributed by atoms with Gasteiger partial charge >= 0.3 is 0 Å². The van der Waals surface area contributed by atoms with Crippen LogP contribution < -0.4 is 15.2 Å². The highest BCUT2D eigenvalue weighted by Gasteiger charge is 2.48. The van der Waals surface area contributed by atoms with Crippen LogP contribution in [0.2, 0.25) is 5.02 Å². The van der Waals surface area contributed by atoms with Gasteiger partial charge in [0.1, 0.15) is 23.3 Å². The fraction of sp³-hybridized carbons (Fsp3) is 0.314. The van der Waals surface area contributed by atoms with Gasteiger partial charge in [-0.2, -0.15) is 5.26 Å². The summed E-state index contributed by atoms with van der Waals surface area (Å²) in [5.74, 6) is 3.52. The average molecular weight is 763 g/mol. The predicted octanol–water partition coefficient (Wildman–Crippen LogP) is 4.56. The zero-order chi connectivity index (χ0) is 36.9. The summed E-state index contributed by atoms with van der Waals surface area (Å²) in [6, 6.07) is 8.89. The van der Waals surface area contributed by atoms with Gasteiger partial charge in [0, 0.05) is 78.4 Å². The maximum absolute atomic E-state index is 14.0. The molecule has 1 aliphatic heterocycles. The number of nitrogens with zero attached hydrogens (tertiary/aromatic N) is 7. The lowest BCUT2D eigenvalue weighted by atomic mass is 9.86. The molecule has 5 heterocycles. The summed E-state index contributed by atoms with van der Waals surface area (Å²) in [5.41, 5.74) is 2.24. The Morgan fingerprint density at radius 3 is 2.60 bits per heavy atom. The molecule has 1 saturated carbocycles. The summed E-state index contributed by atoms with van der Waals surface area (Å²) in [5, 5.41) is 12.3. The van der Waals surface area contributed by atoms with Crippen molar-refractivity contribution in [2.75, 3.05) is 37.3 Å². The van der Waals surface area contributed by atoms with Crippen molar-refractivity contribution in [3.8, 4) is 29.0 Å². The average Bonchev–Trinajstić information content (AvgIpc) is 3.53. The van der Waals surface area contributed by atoms with Gasteiger partial charge in [-0.1, -0.05) is 23.4 Å². The number of carbonyl (C=O) groups is 1. The number of benzene rings is 1. The van der Waals surface area contributed by atoms with Crippen LogP contribution in [0.4, 0.5) is 14.6 Å². The molecular formula is C35H29ClF2N8O4S2. The molecule has 0 spiro atoms. The minimum atomic E-state index is -3.79. The third-order valence-corrected chi connectivity index (χ3v) is 11.0. The highest BCUT2D eigenvalue weighted by Crippen LogP contribution is 2.41. The second-order valence-electron chi connectivity index (χ2n) is 12.7. The second-order valence-corrected chi connectivity index (χ2v) is 15.8. The normalized spacial score (nSPS) is 16.3. The van der Waals surface area contributed by atoms with Crippen molar-refractivity contribution in [2.45, 2.75) is 38.3 Å². The van der Waals surface area contributed by atoms with Crippen LogP contribution in [-0.2, 0) is 16.6 Å². The number of aromatic nitrogens is 4. The quantitative estimate of drug-likeness (QED) is 0.244. The molecular weight excluding hydrogens is 734 g/mol. The number of piperazine rings is 1. The monoisotopic (exact) mass is 762 g/mol. The van der Waals surface area contributed by atoms with Gasteiger partial charge in [0.2, 0.25) is 10.0 Å². The Labute approximate surface area is 305 Å². The zero-order valence-electron chi connectivity index (χ0n) is 27.8. The number of nitrogens with one attached hydrogen (secondary N) is 1. The van der Waals surface area contributed by atoms with Crippen molar-refractivity contribution in [3.05, 3.63) is 79.9 Å². The third-order valence-electron chi connectivity index (χ3n) is 9.19. The smallest absolute Gasteiger partial charge is 0.267 e. The maximum atomic E-state index is 14.0. The number of halogens is 3. The van der Waals surface area contributed by atoms with E-state index in [1.165, 1.54) is 33.7 Å². The van der Waals surface area contributed by atoms with E-state index in [9.17, 15) is 32.0 Å². The van der Waals surface area contributed by atoms with E-state index in [4.69, 9.17) is 11.6 Å². The lowest BCUT2D eigenvalue weighted by Gasteiger charge is -2.46. The van der Waals surface area contributed by atoms with Crippen molar-refractivity contribution >= 4 is 65.8 Å². The van der Waals surface area contributed by atoms with Crippen molar-refractivity contribution in [1.29, 1.82) is 5.26 Å². The molecule has 7 rings (SSSR count). The molecule has 1 aromatic carbocycles. The van der Waals surface area contributed by atoms with Crippen LogP contribution >= 0.6 is 22.9 Å². The molecule has 266 valence electrons. The second kappa shape index (κ2) is 13.5. The van der Waals surface area contributed by atoms with E-state index in [1.807, 2.05) is 14.5 Å². The minimum absolute atomic E-state index is 0.0521. The first-order valence-electron chi connectivity index (χ1n) is 16.1. The van der Waals surface area contributed by atoms with Crippen LogP contribution in [-0.4, -0.2) is 83.1 Å². The van der Waals surface area contributed by atoms with Crippen LogP contribution in [0.5, 0.6) is 0 Å². The summed E-state index contributed by atoms with van der Waals surface area (Å²) in [6.07, 6.45) is 3.59. The van der Waals surface area contributed by atoms with Gasteiger partial charge < -0.3 is 4.90 Å². The number of carbonyl (C=O) groups excluding carboxylic acids is 1. The van der Waals surface area contributed by atoms with E-state index in [1.54, 1.807) is 31.2 Å². The minimum Gasteiger partial charge on any atom is -0.353 e. The first kappa shape index (κ1) is 35.4. The van der Waals surface area contributed by atoms with Crippen molar-refractivity contribution < 1.29 is 22.0 Å². The number of anilines is 1. The van der Waals surface area contributed by atoms with Gasteiger partial charge in [-0.15, -0.1) is 11.3 Å². The Kier molecular flexibility index (Phi) is 9.21. The van der Waals surface area contributed by atoms with E-state index in [0.717, 1.165) is 6.26 Å². The summed E-state index contributed by atoms with van der Waals surface area (Å²) in [6.45, 7) is 3.65. The molecule has 2 fully saturated rings. The van der Waals surface area contributed by atoms with Crippen molar-refractivity contribution in [2.24, 2.45) is 0 Å². The van der Waals surface area contributed by atoms with E-state index >= 15 is 0 Å². The maximum Gasteiger partial charge on any atom is 0.267 e. The number of thiophene rings is 1. The van der Waals surface area contributed by atoms with Crippen LogP contribution in [0.3, 0.4) is 0 Å². The van der Waals surface area contributed by atoms with Gasteiger partial charge in [0.15, 0.2) is 0 Å². The fourth-order valence-electron chi connectivity index (χ4n) is 6.62. The Balaban J connectivity index is 1.19. The lowest BCUT2D eigenvalue weighted by Crippen LogP contribution is -2.57. The number of aryl methyl sites for hydroxylation is 1. The molecule has 52 heavy (non-hydrogen) atoms. The topological polar surface area (TPSA) is 154 Å². The molecule has 1 N–H and O–H groups in total. The number of nitriles is 1. The molecule has 4 aromatic heterocycles. The Morgan fingerprint density at radius 2 is 1.90 bits per heavy atom. The standard InChI is InChI=1S/C35H29ClF2N8O4S2/c1-20-42-28-18-41-32(45-12-10-44(11-13-45)23-15-35(37,38)16-23)26(17-39)29(28)34(48)46(20)9-3-4-21-5-6-22(36)14-25(21)24-7-8-40-30-27(19-51-31(24)30)33(47)43-52(2,49)50/h5-8,14,18-19,23H,9-13,15-16H2,1-2H3,(H,43,47). The van der Waals surface area contributed by atoms with Gasteiger partial charge in [-0.25, -0.2) is 31.9 Å². The van der Waals surface area contributed by atoms with Gasteiger partial charge in [0.25, 0.3) is 17.4 Å². The van der Waals surface area contributed by atoms with Gasteiger partial charge in [0.05, 0.1) is 45.7 Å². The Morgan fingerprint density at radius 1 is 1.15 bits per heavy atom. The van der Waals surface area contributed by atoms with Crippen molar-refractivity contribution in [3.63, 3.8) is 0 Å². The number of hydrogen-bond acceptors (Lipinski definition) is 11. The number of fused-ring (bicyclic) bond motifs is 2. The van der Waals surface area contributed by atoms with E-state index in [0.29, 0.717) is 69.8 Å². The summed E-state index contributed by atoms with van der Waals surface area (Å²) in [7, 11) is -3.79. The summed E-state index contributed by atoms with van der Waals surface area (Å²) >= 11 is 7.62. The van der Waals surface area contributed by atoms with Crippen LogP contribution in [0, 0.1) is 30.1 Å². The van der Waals surface area contributed by atoms with Crippen LogP contribution in [0.25, 0.3) is 32.2 Å². The first-order chi connectivity index (χ1) is 24.7. The number of pyridine rings is 2. The van der Waals surface area contributed by atoms with Crippen LogP contribution in [0.1, 0.15) is 40.2 Å². The molecule has 0 atom stereocenters. The largest absolute Gasteiger partial charge is 0.353 e. The molecule has 12 nitrogen and oxygen atoms in total. The van der Waals surface area contributed by atoms with E-state index in [2.05, 4.69) is 32.9 Å². The number of amides is 1. The molecule has 5 aromatic rings. The molecule has 1 amide bonds. The lowest BCUT2D eigenvalue weighted by molar-refractivity contribution is -0.124.